The van der Waals surface area contributed by atoms with Crippen LogP contribution in [0.25, 0.3) is 28.4 Å². The average Bonchev–Trinajstić information content (AvgIpc) is 3.16. The molecule has 2 saturated heterocycles. The number of carbonyl (C=O) groups is 1. The van der Waals surface area contributed by atoms with Crippen molar-refractivity contribution in [3.63, 3.8) is 0 Å². The fourth-order valence-corrected chi connectivity index (χ4v) is 5.82. The molecule has 0 amide bonds. The molecule has 10 atom stereocenters. The molecule has 11 N–H and O–H groups in total. The van der Waals surface area contributed by atoms with Gasteiger partial charge in [0, 0.05) is 23.8 Å². The number of esters is 1. The largest absolute Gasteiger partial charge is 0.508 e. The maximum Gasteiger partial charge on any atom is 0.330 e. The second-order valence-electron chi connectivity index (χ2n) is 12.6. The summed E-state index contributed by atoms with van der Waals surface area (Å²) in [5, 5.41) is 112. The fourth-order valence-electron chi connectivity index (χ4n) is 5.82. The van der Waals surface area contributed by atoms with Crippen LogP contribution in [0.1, 0.15) is 5.56 Å². The second kappa shape index (κ2) is 16.1. The van der Waals surface area contributed by atoms with E-state index >= 15 is 0 Å². The maximum atomic E-state index is 14.0. The Balaban J connectivity index is 1.31. The topological polar surface area (TPSA) is 316 Å². The summed E-state index contributed by atoms with van der Waals surface area (Å²) >= 11 is 0. The molecule has 6 rings (SSSR count). The highest BCUT2D eigenvalue weighted by atomic mass is 16.7. The number of fused-ring (bicyclic) bond motifs is 1. The van der Waals surface area contributed by atoms with Gasteiger partial charge < -0.3 is 84.3 Å². The molecule has 0 unspecified atom stereocenters. The summed E-state index contributed by atoms with van der Waals surface area (Å²) in [6.45, 7) is -1.43. The fraction of sp³-hybridized carbons (Fsp3) is 0.333. The van der Waals surface area contributed by atoms with Crippen LogP contribution in [0, 0.1) is 0 Å². The number of aromatic hydroxyl groups is 4. The third-order valence-electron chi connectivity index (χ3n) is 8.84. The molecule has 19 nitrogen and oxygen atoms in total. The van der Waals surface area contributed by atoms with Crippen molar-refractivity contribution in [1.82, 2.24) is 0 Å². The molecule has 0 saturated carbocycles. The minimum Gasteiger partial charge on any atom is -0.508 e. The minimum absolute atomic E-state index is 0.0149. The molecule has 0 bridgehead atoms. The predicted molar refractivity (Wildman–Crippen MR) is 183 cm³/mol. The van der Waals surface area contributed by atoms with E-state index in [0.29, 0.717) is 5.56 Å². The van der Waals surface area contributed by atoms with Crippen molar-refractivity contribution >= 4 is 23.0 Å². The van der Waals surface area contributed by atoms with E-state index in [4.69, 9.17) is 28.1 Å². The van der Waals surface area contributed by atoms with Gasteiger partial charge in [-0.25, -0.2) is 4.79 Å². The SMILES string of the molecule is O=C(/C=C/c1ccc(O)cc1)OC[C@@H]1O[C@H](Oc2c(-c3ccc(O)c(O)c3)oc3cc(O[C@H]4O[C@@H](CO)[C@H](O)[C@@H](O)[C@@H]4O)cc(O)c3c2=O)[C@@H](O)[C@H](O)[C@H]1O. The molecule has 3 aromatic carbocycles. The van der Waals surface area contributed by atoms with Crippen LogP contribution in [-0.2, 0) is 19.0 Å². The van der Waals surface area contributed by atoms with E-state index in [1.54, 1.807) is 0 Å². The zero-order chi connectivity index (χ0) is 39.7. The van der Waals surface area contributed by atoms with Gasteiger partial charge in [-0.15, -0.1) is 0 Å². The highest BCUT2D eigenvalue weighted by Gasteiger charge is 2.47. The van der Waals surface area contributed by atoms with E-state index < -0.39 is 126 Å². The van der Waals surface area contributed by atoms with Crippen LogP contribution in [0.3, 0.4) is 0 Å². The minimum atomic E-state index is -2.03. The zero-order valence-electron chi connectivity index (χ0n) is 28.2. The van der Waals surface area contributed by atoms with E-state index in [-0.39, 0.29) is 17.1 Å². The lowest BCUT2D eigenvalue weighted by Gasteiger charge is -2.39. The summed E-state index contributed by atoms with van der Waals surface area (Å²) in [4.78, 5) is 26.4. The average molecular weight is 773 g/mol. The molecule has 2 aliphatic rings. The Bertz CT molecular complexity index is 2100. The standard InChI is InChI=1S/C36H36O19/c37-12-22-26(43)29(46)31(48)35(53-22)51-17-10-20(41)25-21(11-17)52-33(15-4-7-18(39)19(40)9-15)34(28(25)45)55-36-32(49)30(47)27(44)23(54-36)13-50-24(42)8-3-14-1-5-16(38)6-2-14/h1-11,22-23,26-27,29-32,35-41,43-44,46-49H,12-13H2/b8-3+/t22-,23-,26-,27-,29+,30+,31-,32-,35-,36+/m0/s1. The van der Waals surface area contributed by atoms with Crippen molar-refractivity contribution in [2.24, 2.45) is 0 Å². The molecule has 0 aliphatic carbocycles. The molecule has 2 aliphatic heterocycles. The first-order valence-corrected chi connectivity index (χ1v) is 16.5. The molecule has 2 fully saturated rings. The molecule has 0 spiro atoms. The number of aliphatic hydroxyl groups excluding tert-OH is 7. The van der Waals surface area contributed by atoms with Crippen molar-refractivity contribution in [2.75, 3.05) is 13.2 Å². The van der Waals surface area contributed by atoms with Gasteiger partial charge in [0.05, 0.1) is 6.61 Å². The molecule has 3 heterocycles. The number of carbonyl (C=O) groups excluding carboxylic acids is 1. The van der Waals surface area contributed by atoms with Crippen molar-refractivity contribution in [2.45, 2.75) is 61.4 Å². The summed E-state index contributed by atoms with van der Waals surface area (Å²) < 4.78 is 33.4. The summed E-state index contributed by atoms with van der Waals surface area (Å²) in [5.41, 5.74) is -1.07. The van der Waals surface area contributed by atoms with Gasteiger partial charge in [0.2, 0.25) is 23.8 Å². The maximum absolute atomic E-state index is 14.0. The Morgan fingerprint density at radius 2 is 1.35 bits per heavy atom. The Morgan fingerprint density at radius 3 is 2.00 bits per heavy atom. The number of rotatable bonds is 10. The Hall–Kier alpha value is -5.48. The number of benzene rings is 3. The van der Waals surface area contributed by atoms with Crippen molar-refractivity contribution in [3.8, 4) is 45.8 Å². The molecule has 4 aromatic rings. The highest BCUT2D eigenvalue weighted by molar-refractivity contribution is 5.89. The van der Waals surface area contributed by atoms with Gasteiger partial charge in [0.25, 0.3) is 0 Å². The first kappa shape index (κ1) is 39.2. The number of ether oxygens (including phenoxy) is 5. The van der Waals surface area contributed by atoms with Gasteiger partial charge in [-0.2, -0.15) is 0 Å². The van der Waals surface area contributed by atoms with Gasteiger partial charge in [0.15, 0.2) is 17.3 Å². The predicted octanol–water partition coefficient (Wildman–Crippen LogP) is -1.10. The Morgan fingerprint density at radius 1 is 0.709 bits per heavy atom. The Labute approximate surface area is 308 Å². The summed E-state index contributed by atoms with van der Waals surface area (Å²) in [7, 11) is 0. The van der Waals surface area contributed by atoms with Crippen molar-refractivity contribution < 1.29 is 89.1 Å². The van der Waals surface area contributed by atoms with Crippen LogP contribution in [0.4, 0.5) is 0 Å². The quantitative estimate of drug-likeness (QED) is 0.0518. The normalized spacial score (nSPS) is 28.3. The number of phenols is 4. The lowest BCUT2D eigenvalue weighted by atomic mass is 9.99. The van der Waals surface area contributed by atoms with Crippen LogP contribution >= 0.6 is 0 Å². The molecule has 19 heteroatoms. The highest BCUT2D eigenvalue weighted by Crippen LogP contribution is 2.40. The summed E-state index contributed by atoms with van der Waals surface area (Å²) in [6.07, 6.45) is -15.2. The number of aliphatic hydroxyl groups is 7. The summed E-state index contributed by atoms with van der Waals surface area (Å²) in [6, 6.07) is 11.0. The molecule has 294 valence electrons. The van der Waals surface area contributed by atoms with Crippen LogP contribution in [0.15, 0.2) is 69.9 Å². The van der Waals surface area contributed by atoms with Gasteiger partial charge in [-0.3, -0.25) is 4.79 Å². The third kappa shape index (κ3) is 8.15. The Kier molecular flexibility index (Phi) is 11.5. The van der Waals surface area contributed by atoms with E-state index in [0.717, 1.165) is 30.3 Å². The van der Waals surface area contributed by atoms with Crippen LogP contribution in [-0.4, -0.2) is 137 Å². The van der Waals surface area contributed by atoms with E-state index in [9.17, 15) is 65.8 Å². The van der Waals surface area contributed by atoms with Gasteiger partial charge in [0.1, 0.15) is 83.7 Å². The van der Waals surface area contributed by atoms with Crippen molar-refractivity contribution in [3.05, 3.63) is 76.5 Å². The smallest absolute Gasteiger partial charge is 0.330 e. The van der Waals surface area contributed by atoms with Gasteiger partial charge in [-0.1, -0.05) is 12.1 Å². The zero-order valence-corrected chi connectivity index (χ0v) is 28.2. The van der Waals surface area contributed by atoms with Crippen LogP contribution in [0.5, 0.6) is 34.5 Å². The van der Waals surface area contributed by atoms with E-state index in [1.165, 1.54) is 36.4 Å². The van der Waals surface area contributed by atoms with Gasteiger partial charge >= 0.3 is 5.97 Å². The van der Waals surface area contributed by atoms with E-state index in [2.05, 4.69) is 0 Å². The molecular formula is C36H36O19. The molecule has 55 heavy (non-hydrogen) atoms. The number of hydrogen-bond acceptors (Lipinski definition) is 19. The first-order chi connectivity index (χ1) is 26.2. The summed E-state index contributed by atoms with van der Waals surface area (Å²) in [5.74, 6) is -4.45. The molecule has 1 aromatic heterocycles. The lowest BCUT2D eigenvalue weighted by molar-refractivity contribution is -0.278. The number of hydrogen-bond donors (Lipinski definition) is 11. The lowest BCUT2D eigenvalue weighted by Crippen LogP contribution is -2.60. The van der Waals surface area contributed by atoms with Gasteiger partial charge in [-0.05, 0) is 42.0 Å². The monoisotopic (exact) mass is 772 g/mol. The van der Waals surface area contributed by atoms with Crippen LogP contribution < -0.4 is 14.9 Å². The van der Waals surface area contributed by atoms with E-state index in [1.807, 2.05) is 0 Å². The number of phenolic OH excluding ortho intramolecular Hbond substituents is 4. The van der Waals surface area contributed by atoms with Crippen LogP contribution in [0.2, 0.25) is 0 Å². The molecule has 0 radical (unpaired) electrons. The van der Waals surface area contributed by atoms with Crippen molar-refractivity contribution in [1.29, 1.82) is 0 Å². The first-order valence-electron chi connectivity index (χ1n) is 16.5. The second-order valence-corrected chi connectivity index (χ2v) is 12.6. The third-order valence-corrected chi connectivity index (χ3v) is 8.84. The molecular weight excluding hydrogens is 736 g/mol.